The smallest absolute Gasteiger partial charge is 0.270 e. The maximum absolute atomic E-state index is 12.2. The summed E-state index contributed by atoms with van der Waals surface area (Å²) in [5.41, 5.74) is 3.63. The zero-order valence-electron chi connectivity index (χ0n) is 14.0. The van der Waals surface area contributed by atoms with Crippen LogP contribution >= 0.6 is 0 Å². The summed E-state index contributed by atoms with van der Waals surface area (Å²) in [6, 6.07) is 16.2. The average Bonchev–Trinajstić information content (AvgIpc) is 2.59. The fourth-order valence-corrected chi connectivity index (χ4v) is 2.21. The molecule has 0 bridgehead atoms. The second kappa shape index (κ2) is 7.27. The van der Waals surface area contributed by atoms with E-state index in [4.69, 9.17) is 5.21 Å². The Bertz CT molecular complexity index is 704. The first-order valence-corrected chi connectivity index (χ1v) is 7.73. The van der Waals surface area contributed by atoms with Crippen molar-refractivity contribution in [3.63, 3.8) is 0 Å². The largest absolute Gasteiger partial charge is 0.340 e. The Balaban J connectivity index is 2.27. The molecule has 126 valence electrons. The molecule has 2 rings (SSSR count). The van der Waals surface area contributed by atoms with E-state index < -0.39 is 17.4 Å². The molecule has 0 aliphatic rings. The molecule has 3 N–H and O–H groups in total. The summed E-state index contributed by atoms with van der Waals surface area (Å²) in [4.78, 5) is 24.1. The molecule has 0 spiro atoms. The van der Waals surface area contributed by atoms with Gasteiger partial charge in [-0.25, -0.2) is 5.48 Å². The van der Waals surface area contributed by atoms with E-state index in [9.17, 15) is 9.59 Å². The predicted octanol–water partition coefficient (Wildman–Crippen LogP) is 3.06. The van der Waals surface area contributed by atoms with E-state index >= 15 is 0 Å². The van der Waals surface area contributed by atoms with E-state index in [1.54, 1.807) is 38.4 Å². The Labute approximate surface area is 141 Å². The molecule has 0 aliphatic heterocycles. The molecular weight excluding hydrogens is 304 g/mol. The summed E-state index contributed by atoms with van der Waals surface area (Å²) in [5, 5.41) is 11.6. The Kier molecular flexibility index (Phi) is 5.36. The lowest BCUT2D eigenvalue weighted by atomic mass is 9.94. The Morgan fingerprint density at radius 2 is 1.46 bits per heavy atom. The van der Waals surface area contributed by atoms with Gasteiger partial charge in [-0.2, -0.15) is 0 Å². The Morgan fingerprint density at radius 3 is 1.96 bits per heavy atom. The molecule has 2 amide bonds. The van der Waals surface area contributed by atoms with E-state index in [1.165, 1.54) is 0 Å². The van der Waals surface area contributed by atoms with Gasteiger partial charge in [0, 0.05) is 5.41 Å². The zero-order chi connectivity index (χ0) is 17.7. The number of hydrogen-bond acceptors (Lipinski definition) is 3. The minimum Gasteiger partial charge on any atom is -0.340 e. The predicted molar refractivity (Wildman–Crippen MR) is 92.1 cm³/mol. The lowest BCUT2D eigenvalue weighted by Crippen LogP contribution is -2.43. The summed E-state index contributed by atoms with van der Waals surface area (Å²) >= 11 is 0. The third-order valence-electron chi connectivity index (χ3n) is 3.68. The second-order valence-electron chi connectivity index (χ2n) is 6.62. The molecule has 2 aromatic rings. The molecular formula is C19H22N2O3. The van der Waals surface area contributed by atoms with E-state index in [1.807, 2.05) is 42.5 Å². The van der Waals surface area contributed by atoms with Crippen LogP contribution in [0.1, 0.15) is 32.4 Å². The molecule has 0 aliphatic carbocycles. The number of rotatable bonds is 4. The lowest BCUT2D eigenvalue weighted by Gasteiger charge is -2.23. The lowest BCUT2D eigenvalue weighted by molar-refractivity contribution is -0.137. The van der Waals surface area contributed by atoms with Crippen molar-refractivity contribution in [3.05, 3.63) is 60.2 Å². The molecule has 24 heavy (non-hydrogen) atoms. The second-order valence-corrected chi connectivity index (χ2v) is 6.62. The fraction of sp³-hybridized carbons (Fsp3) is 0.263. The SMILES string of the molecule is CC(C)(C)C(=O)NC(C(=O)NO)c1ccc(-c2ccccc2)cc1. The summed E-state index contributed by atoms with van der Waals surface area (Å²) < 4.78 is 0. The number of benzene rings is 2. The van der Waals surface area contributed by atoms with Crippen LogP contribution in [0.15, 0.2) is 54.6 Å². The van der Waals surface area contributed by atoms with Crippen LogP contribution in [0.4, 0.5) is 0 Å². The molecule has 0 heterocycles. The minimum atomic E-state index is -0.952. The summed E-state index contributed by atoms with van der Waals surface area (Å²) in [5.74, 6) is -0.955. The van der Waals surface area contributed by atoms with Crippen LogP contribution in [-0.4, -0.2) is 17.0 Å². The third kappa shape index (κ3) is 4.20. The highest BCUT2D eigenvalue weighted by Crippen LogP contribution is 2.23. The van der Waals surface area contributed by atoms with Crippen LogP contribution in [0.25, 0.3) is 11.1 Å². The quantitative estimate of drug-likeness (QED) is 0.597. The van der Waals surface area contributed by atoms with E-state index in [2.05, 4.69) is 5.32 Å². The number of hydrogen-bond donors (Lipinski definition) is 3. The zero-order valence-corrected chi connectivity index (χ0v) is 14.0. The van der Waals surface area contributed by atoms with Gasteiger partial charge in [0.05, 0.1) is 0 Å². The first kappa shape index (κ1) is 17.7. The highest BCUT2D eigenvalue weighted by Gasteiger charge is 2.28. The van der Waals surface area contributed by atoms with E-state index in [0.717, 1.165) is 11.1 Å². The van der Waals surface area contributed by atoms with Crippen molar-refractivity contribution in [2.24, 2.45) is 5.41 Å². The van der Waals surface area contributed by atoms with Crippen LogP contribution in [0, 0.1) is 5.41 Å². The normalized spacial score (nSPS) is 12.3. The summed E-state index contributed by atoms with van der Waals surface area (Å²) in [6.07, 6.45) is 0. The number of nitrogens with one attached hydrogen (secondary N) is 2. The van der Waals surface area contributed by atoms with Gasteiger partial charge in [0.25, 0.3) is 5.91 Å². The molecule has 0 radical (unpaired) electrons. The van der Waals surface area contributed by atoms with Crippen molar-refractivity contribution < 1.29 is 14.8 Å². The summed E-state index contributed by atoms with van der Waals surface area (Å²) in [7, 11) is 0. The van der Waals surface area contributed by atoms with Crippen molar-refractivity contribution in [2.45, 2.75) is 26.8 Å². The maximum Gasteiger partial charge on any atom is 0.270 e. The molecule has 2 aromatic carbocycles. The fourth-order valence-electron chi connectivity index (χ4n) is 2.21. The minimum absolute atomic E-state index is 0.275. The van der Waals surface area contributed by atoms with Gasteiger partial charge >= 0.3 is 0 Å². The molecule has 5 nitrogen and oxygen atoms in total. The first-order valence-electron chi connectivity index (χ1n) is 7.73. The van der Waals surface area contributed by atoms with Crippen LogP contribution in [0.2, 0.25) is 0 Å². The number of hydroxylamine groups is 1. The average molecular weight is 326 g/mol. The third-order valence-corrected chi connectivity index (χ3v) is 3.68. The monoisotopic (exact) mass is 326 g/mol. The molecule has 1 atom stereocenters. The van der Waals surface area contributed by atoms with Crippen molar-refractivity contribution >= 4 is 11.8 Å². The Morgan fingerprint density at radius 1 is 0.917 bits per heavy atom. The van der Waals surface area contributed by atoms with E-state index in [-0.39, 0.29) is 5.91 Å². The van der Waals surface area contributed by atoms with Gasteiger partial charge in [-0.05, 0) is 16.7 Å². The van der Waals surface area contributed by atoms with Crippen molar-refractivity contribution in [1.29, 1.82) is 0 Å². The molecule has 5 heteroatoms. The van der Waals surface area contributed by atoms with Gasteiger partial charge in [0.2, 0.25) is 5.91 Å². The van der Waals surface area contributed by atoms with Gasteiger partial charge in [-0.1, -0.05) is 75.4 Å². The highest BCUT2D eigenvalue weighted by atomic mass is 16.5. The van der Waals surface area contributed by atoms with Crippen LogP contribution in [0.3, 0.4) is 0 Å². The number of carbonyl (C=O) groups excluding carboxylic acids is 2. The van der Waals surface area contributed by atoms with Crippen molar-refractivity contribution in [1.82, 2.24) is 10.8 Å². The number of carbonyl (C=O) groups is 2. The van der Waals surface area contributed by atoms with Crippen LogP contribution in [0.5, 0.6) is 0 Å². The first-order chi connectivity index (χ1) is 11.3. The van der Waals surface area contributed by atoms with E-state index in [0.29, 0.717) is 5.56 Å². The molecule has 0 fully saturated rings. The van der Waals surface area contributed by atoms with Gasteiger partial charge in [-0.15, -0.1) is 0 Å². The molecule has 0 saturated carbocycles. The standard InChI is InChI=1S/C19H22N2O3/c1-19(2,3)18(23)20-16(17(22)21-24)15-11-9-14(10-12-15)13-7-5-4-6-8-13/h4-12,16,24H,1-3H3,(H,20,23)(H,21,22). The number of amides is 2. The van der Waals surface area contributed by atoms with Crippen molar-refractivity contribution in [3.8, 4) is 11.1 Å². The summed E-state index contributed by atoms with van der Waals surface area (Å²) in [6.45, 7) is 5.28. The topological polar surface area (TPSA) is 78.4 Å². The van der Waals surface area contributed by atoms with Gasteiger partial charge in [0.1, 0.15) is 6.04 Å². The van der Waals surface area contributed by atoms with Gasteiger partial charge in [0.15, 0.2) is 0 Å². The molecule has 0 saturated heterocycles. The van der Waals surface area contributed by atoms with Gasteiger partial charge < -0.3 is 5.32 Å². The van der Waals surface area contributed by atoms with Gasteiger partial charge in [-0.3, -0.25) is 14.8 Å². The highest BCUT2D eigenvalue weighted by molar-refractivity contribution is 5.90. The van der Waals surface area contributed by atoms with Crippen LogP contribution in [-0.2, 0) is 9.59 Å². The van der Waals surface area contributed by atoms with Crippen LogP contribution < -0.4 is 10.8 Å². The Hall–Kier alpha value is -2.66. The molecule has 0 aromatic heterocycles. The maximum atomic E-state index is 12.2. The van der Waals surface area contributed by atoms with Crippen molar-refractivity contribution in [2.75, 3.05) is 0 Å². The molecule has 1 unspecified atom stereocenters.